The van der Waals surface area contributed by atoms with E-state index in [0.29, 0.717) is 6.42 Å². The summed E-state index contributed by atoms with van der Waals surface area (Å²) in [6, 6.07) is 5.81. The number of thioether (sulfide) groups is 1. The van der Waals surface area contributed by atoms with Crippen LogP contribution in [0, 0.1) is 5.82 Å². The Hall–Kier alpha value is -1.07. The van der Waals surface area contributed by atoms with Gasteiger partial charge in [-0.15, -0.1) is 11.8 Å². The van der Waals surface area contributed by atoms with Gasteiger partial charge in [-0.3, -0.25) is 4.79 Å². The molecule has 0 bridgehead atoms. The molecule has 1 amide bonds. The number of carbonyl (C=O) groups excluding carboxylic acids is 1. The highest BCUT2D eigenvalue weighted by Crippen LogP contribution is 2.17. The first-order valence-electron chi connectivity index (χ1n) is 5.44. The van der Waals surface area contributed by atoms with Crippen LogP contribution in [0.25, 0.3) is 0 Å². The zero-order valence-corrected chi connectivity index (χ0v) is 10.5. The van der Waals surface area contributed by atoms with Gasteiger partial charge in [-0.1, -0.05) is 6.92 Å². The van der Waals surface area contributed by atoms with E-state index in [1.54, 1.807) is 12.1 Å². The maximum Gasteiger partial charge on any atom is 0.230 e. The van der Waals surface area contributed by atoms with E-state index in [1.807, 2.05) is 6.92 Å². The lowest BCUT2D eigenvalue weighted by Crippen LogP contribution is -2.37. The monoisotopic (exact) mass is 257 g/mol. The van der Waals surface area contributed by atoms with Gasteiger partial charge in [0.05, 0.1) is 18.4 Å². The van der Waals surface area contributed by atoms with Crippen LogP contribution in [-0.2, 0) is 4.79 Å². The first-order chi connectivity index (χ1) is 8.15. The number of hydrogen-bond acceptors (Lipinski definition) is 3. The summed E-state index contributed by atoms with van der Waals surface area (Å²) < 4.78 is 12.6. The highest BCUT2D eigenvalue weighted by atomic mass is 32.2. The van der Waals surface area contributed by atoms with E-state index in [9.17, 15) is 9.18 Å². The molecule has 0 aliphatic carbocycles. The Morgan fingerprint density at radius 3 is 2.65 bits per heavy atom. The fourth-order valence-electron chi connectivity index (χ4n) is 1.23. The molecule has 0 fully saturated rings. The predicted octanol–water partition coefficient (Wildman–Crippen LogP) is 1.80. The van der Waals surface area contributed by atoms with Gasteiger partial charge in [0.25, 0.3) is 0 Å². The molecule has 0 unspecified atom stereocenters. The molecule has 0 aliphatic rings. The number of halogens is 1. The zero-order chi connectivity index (χ0) is 12.7. The van der Waals surface area contributed by atoms with Crippen LogP contribution in [0.5, 0.6) is 0 Å². The smallest absolute Gasteiger partial charge is 0.230 e. The Bertz CT molecular complexity index is 352. The zero-order valence-electron chi connectivity index (χ0n) is 9.65. The number of carbonyl (C=O) groups is 1. The quantitative estimate of drug-likeness (QED) is 0.764. The molecule has 0 spiro atoms. The molecule has 0 radical (unpaired) electrons. The highest BCUT2D eigenvalue weighted by Gasteiger charge is 2.09. The maximum atomic E-state index is 12.6. The minimum absolute atomic E-state index is 0.0521. The third-order valence-electron chi connectivity index (χ3n) is 2.26. The standard InChI is InChI=1S/C12H16FNO2S/c1-2-10(7-15)14-12(16)8-17-11-5-3-9(13)4-6-11/h3-6,10,15H,2,7-8H2,1H3,(H,14,16)/t10-/m1/s1. The van der Waals surface area contributed by atoms with Crippen molar-refractivity contribution in [3.63, 3.8) is 0 Å². The van der Waals surface area contributed by atoms with Gasteiger partial charge in [-0.2, -0.15) is 0 Å². The molecule has 0 saturated heterocycles. The largest absolute Gasteiger partial charge is 0.394 e. The van der Waals surface area contributed by atoms with Crippen molar-refractivity contribution in [2.24, 2.45) is 0 Å². The van der Waals surface area contributed by atoms with Gasteiger partial charge in [-0.25, -0.2) is 4.39 Å². The molecule has 0 aromatic heterocycles. The molecule has 94 valence electrons. The number of amides is 1. The van der Waals surface area contributed by atoms with Crippen molar-refractivity contribution >= 4 is 17.7 Å². The minimum atomic E-state index is -0.287. The third-order valence-corrected chi connectivity index (χ3v) is 3.27. The van der Waals surface area contributed by atoms with Gasteiger partial charge in [0.15, 0.2) is 0 Å². The third kappa shape index (κ3) is 5.19. The molecule has 1 aromatic rings. The lowest BCUT2D eigenvalue weighted by Gasteiger charge is -2.13. The molecular weight excluding hydrogens is 241 g/mol. The summed E-state index contributed by atoms with van der Waals surface area (Å²) >= 11 is 1.34. The Morgan fingerprint density at radius 2 is 2.12 bits per heavy atom. The number of benzene rings is 1. The van der Waals surface area contributed by atoms with Gasteiger partial charge in [0.2, 0.25) is 5.91 Å². The summed E-state index contributed by atoms with van der Waals surface area (Å²) in [7, 11) is 0. The van der Waals surface area contributed by atoms with Crippen LogP contribution < -0.4 is 5.32 Å². The van der Waals surface area contributed by atoms with Crippen LogP contribution in [0.15, 0.2) is 29.2 Å². The number of nitrogens with one attached hydrogen (secondary N) is 1. The summed E-state index contributed by atoms with van der Waals surface area (Å²) in [6.07, 6.45) is 0.698. The second kappa shape index (κ2) is 7.29. The predicted molar refractivity (Wildman–Crippen MR) is 66.4 cm³/mol. The fraction of sp³-hybridized carbons (Fsp3) is 0.417. The van der Waals surface area contributed by atoms with Crippen LogP contribution in [-0.4, -0.2) is 29.4 Å². The number of aliphatic hydroxyl groups is 1. The Morgan fingerprint density at radius 1 is 1.47 bits per heavy atom. The van der Waals surface area contributed by atoms with Crippen LogP contribution in [0.3, 0.4) is 0 Å². The Balaban J connectivity index is 2.35. The molecule has 0 aliphatic heterocycles. The van der Waals surface area contributed by atoms with Crippen molar-refractivity contribution in [3.05, 3.63) is 30.1 Å². The van der Waals surface area contributed by atoms with Crippen molar-refractivity contribution in [1.82, 2.24) is 5.32 Å². The van der Waals surface area contributed by atoms with Gasteiger partial charge in [0, 0.05) is 4.90 Å². The van der Waals surface area contributed by atoms with E-state index in [0.717, 1.165) is 4.90 Å². The normalized spacial score (nSPS) is 12.2. The second-order valence-electron chi connectivity index (χ2n) is 3.60. The molecule has 3 nitrogen and oxygen atoms in total. The van der Waals surface area contributed by atoms with Crippen LogP contribution in [0.4, 0.5) is 4.39 Å². The first-order valence-corrected chi connectivity index (χ1v) is 6.42. The molecular formula is C12H16FNO2S. The van der Waals surface area contributed by atoms with Crippen LogP contribution >= 0.6 is 11.8 Å². The van der Waals surface area contributed by atoms with Gasteiger partial charge >= 0.3 is 0 Å². The number of rotatable bonds is 6. The highest BCUT2D eigenvalue weighted by molar-refractivity contribution is 8.00. The topological polar surface area (TPSA) is 49.3 Å². The fourth-order valence-corrected chi connectivity index (χ4v) is 1.94. The Labute approximate surface area is 104 Å². The van der Waals surface area contributed by atoms with E-state index in [-0.39, 0.29) is 30.1 Å². The lowest BCUT2D eigenvalue weighted by molar-refractivity contribution is -0.119. The molecule has 5 heteroatoms. The summed E-state index contributed by atoms with van der Waals surface area (Å²) in [5, 5.41) is 11.6. The summed E-state index contributed by atoms with van der Waals surface area (Å²) in [5.41, 5.74) is 0. The van der Waals surface area contributed by atoms with Crippen molar-refractivity contribution in [2.45, 2.75) is 24.3 Å². The van der Waals surface area contributed by atoms with Crippen LogP contribution in [0.2, 0.25) is 0 Å². The molecule has 17 heavy (non-hydrogen) atoms. The second-order valence-corrected chi connectivity index (χ2v) is 4.65. The van der Waals surface area contributed by atoms with Crippen molar-refractivity contribution in [2.75, 3.05) is 12.4 Å². The average Bonchev–Trinajstić information content (AvgIpc) is 2.35. The molecule has 2 N–H and O–H groups in total. The van der Waals surface area contributed by atoms with E-state index >= 15 is 0 Å². The Kier molecular flexibility index (Phi) is 6.00. The van der Waals surface area contributed by atoms with E-state index in [4.69, 9.17) is 5.11 Å². The molecule has 1 atom stereocenters. The SMILES string of the molecule is CC[C@H](CO)NC(=O)CSc1ccc(F)cc1. The number of aliphatic hydroxyl groups excluding tert-OH is 1. The first kappa shape index (κ1) is 14.0. The maximum absolute atomic E-state index is 12.6. The number of hydrogen-bond donors (Lipinski definition) is 2. The molecule has 0 heterocycles. The van der Waals surface area contributed by atoms with Crippen LogP contribution in [0.1, 0.15) is 13.3 Å². The van der Waals surface area contributed by atoms with Gasteiger partial charge in [-0.05, 0) is 30.7 Å². The summed E-state index contributed by atoms with van der Waals surface area (Å²) in [6.45, 7) is 1.84. The molecule has 1 rings (SSSR count). The van der Waals surface area contributed by atoms with Crippen molar-refractivity contribution in [1.29, 1.82) is 0 Å². The van der Waals surface area contributed by atoms with Crippen molar-refractivity contribution < 1.29 is 14.3 Å². The minimum Gasteiger partial charge on any atom is -0.394 e. The summed E-state index contributed by atoms with van der Waals surface area (Å²) in [5.74, 6) is -0.146. The van der Waals surface area contributed by atoms with Gasteiger partial charge in [0.1, 0.15) is 5.82 Å². The summed E-state index contributed by atoms with van der Waals surface area (Å²) in [4.78, 5) is 12.3. The lowest BCUT2D eigenvalue weighted by atomic mass is 10.2. The van der Waals surface area contributed by atoms with Crippen molar-refractivity contribution in [3.8, 4) is 0 Å². The molecule has 1 aromatic carbocycles. The van der Waals surface area contributed by atoms with Gasteiger partial charge < -0.3 is 10.4 Å². The average molecular weight is 257 g/mol. The van der Waals surface area contributed by atoms with E-state index < -0.39 is 0 Å². The molecule has 0 saturated carbocycles. The van der Waals surface area contributed by atoms with E-state index in [1.165, 1.54) is 23.9 Å². The van der Waals surface area contributed by atoms with E-state index in [2.05, 4.69) is 5.32 Å².